The van der Waals surface area contributed by atoms with E-state index in [1.165, 1.54) is 31.9 Å². The number of para-hydroxylation sites is 2. The van der Waals surface area contributed by atoms with Crippen LogP contribution in [0.5, 0.6) is 0 Å². The van der Waals surface area contributed by atoms with Crippen LogP contribution in [0.3, 0.4) is 0 Å². The second-order valence-electron chi connectivity index (χ2n) is 5.53. The lowest BCUT2D eigenvalue weighted by Gasteiger charge is -2.09. The molecule has 22 heavy (non-hydrogen) atoms. The molecule has 5 heteroatoms. The number of carbonyl (C=O) groups is 1. The highest BCUT2D eigenvalue weighted by molar-refractivity contribution is 7.99. The van der Waals surface area contributed by atoms with Crippen molar-refractivity contribution >= 4 is 28.7 Å². The number of benzene rings is 1. The lowest BCUT2D eigenvalue weighted by molar-refractivity contribution is 0.0927. The Hall–Kier alpha value is -2.01. The number of rotatable bonds is 3. The Morgan fingerprint density at radius 3 is 2.77 bits per heavy atom. The van der Waals surface area contributed by atoms with Gasteiger partial charge in [0.2, 0.25) is 0 Å². The van der Waals surface area contributed by atoms with Crippen molar-refractivity contribution < 1.29 is 9.21 Å². The zero-order chi connectivity index (χ0) is 14.9. The van der Waals surface area contributed by atoms with E-state index in [-0.39, 0.29) is 5.91 Å². The minimum absolute atomic E-state index is 0.154. The average molecular weight is 312 g/mol. The zero-order valence-electron chi connectivity index (χ0n) is 12.1. The molecule has 0 spiro atoms. The van der Waals surface area contributed by atoms with Gasteiger partial charge in [-0.1, -0.05) is 36.7 Å². The lowest BCUT2D eigenvalue weighted by Crippen LogP contribution is -2.13. The minimum Gasteiger partial charge on any atom is -0.459 e. The highest BCUT2D eigenvalue weighted by Gasteiger charge is 2.24. The van der Waals surface area contributed by atoms with E-state index >= 15 is 0 Å². The molecule has 0 atom stereocenters. The van der Waals surface area contributed by atoms with E-state index in [1.807, 2.05) is 24.3 Å². The first-order valence-corrected chi connectivity index (χ1v) is 8.43. The van der Waals surface area contributed by atoms with Crippen molar-refractivity contribution in [2.45, 2.75) is 36.1 Å². The highest BCUT2D eigenvalue weighted by atomic mass is 32.2. The molecule has 4 rings (SSSR count). The summed E-state index contributed by atoms with van der Waals surface area (Å²) in [5, 5.41) is 1.33. The number of nitrogens with zero attached hydrogens (tertiary/aromatic N) is 2. The Morgan fingerprint density at radius 1 is 1.18 bits per heavy atom. The molecule has 4 nitrogen and oxygen atoms in total. The third kappa shape index (κ3) is 2.35. The molecule has 1 aromatic carbocycles. The molecule has 0 N–H and O–H groups in total. The average Bonchev–Trinajstić information content (AvgIpc) is 3.27. The summed E-state index contributed by atoms with van der Waals surface area (Å²) in [4.78, 5) is 17.5. The summed E-state index contributed by atoms with van der Waals surface area (Å²) in [7, 11) is 0. The van der Waals surface area contributed by atoms with Crippen LogP contribution in [0.15, 0.2) is 52.2 Å². The molecule has 0 aliphatic heterocycles. The molecule has 0 radical (unpaired) electrons. The van der Waals surface area contributed by atoms with E-state index in [1.54, 1.807) is 28.5 Å². The molecule has 112 valence electrons. The normalized spacial score (nSPS) is 15.6. The molecular weight excluding hydrogens is 296 g/mol. The van der Waals surface area contributed by atoms with Gasteiger partial charge in [-0.25, -0.2) is 4.98 Å². The molecule has 1 saturated carbocycles. The Bertz CT molecular complexity index is 801. The zero-order valence-corrected chi connectivity index (χ0v) is 12.9. The second kappa shape index (κ2) is 5.65. The number of aromatic nitrogens is 2. The Morgan fingerprint density at radius 2 is 2.00 bits per heavy atom. The predicted octanol–water partition coefficient (Wildman–Crippen LogP) is 4.35. The highest BCUT2D eigenvalue weighted by Crippen LogP contribution is 2.36. The summed E-state index contributed by atoms with van der Waals surface area (Å²) in [6, 6.07) is 11.2. The van der Waals surface area contributed by atoms with E-state index in [9.17, 15) is 4.79 Å². The fourth-order valence-corrected chi connectivity index (χ4v) is 4.25. The quantitative estimate of drug-likeness (QED) is 0.721. The van der Waals surface area contributed by atoms with E-state index in [0.717, 1.165) is 16.2 Å². The summed E-state index contributed by atoms with van der Waals surface area (Å²) < 4.78 is 6.98. The van der Waals surface area contributed by atoms with Crippen LogP contribution >= 0.6 is 11.8 Å². The van der Waals surface area contributed by atoms with Crippen LogP contribution < -0.4 is 0 Å². The van der Waals surface area contributed by atoms with Gasteiger partial charge in [0.15, 0.2) is 10.9 Å². The minimum atomic E-state index is -0.154. The van der Waals surface area contributed by atoms with E-state index in [4.69, 9.17) is 4.42 Å². The predicted molar refractivity (Wildman–Crippen MR) is 86.3 cm³/mol. The molecule has 2 aromatic heterocycles. The standard InChI is InChI=1S/C17H16N2O2S/c20-16(15-10-5-11-21-15)19-14-9-4-3-8-13(14)18-17(19)22-12-6-1-2-7-12/h3-5,8-12H,1-2,6-7H2. The number of carbonyl (C=O) groups excluding carboxylic acids is 1. The van der Waals surface area contributed by atoms with Gasteiger partial charge in [-0.2, -0.15) is 0 Å². The number of hydrogen-bond acceptors (Lipinski definition) is 4. The smallest absolute Gasteiger partial charge is 0.300 e. The van der Waals surface area contributed by atoms with Gasteiger partial charge in [-0.3, -0.25) is 9.36 Å². The van der Waals surface area contributed by atoms with Gasteiger partial charge in [0.05, 0.1) is 17.3 Å². The maximum Gasteiger partial charge on any atom is 0.300 e. The molecule has 1 aliphatic rings. The Kier molecular flexibility index (Phi) is 3.50. The molecule has 0 saturated heterocycles. The van der Waals surface area contributed by atoms with Crippen LogP contribution in [0.4, 0.5) is 0 Å². The molecule has 0 bridgehead atoms. The van der Waals surface area contributed by atoms with E-state index in [2.05, 4.69) is 4.98 Å². The number of hydrogen-bond donors (Lipinski definition) is 0. The molecule has 2 heterocycles. The van der Waals surface area contributed by atoms with Crippen molar-refractivity contribution in [3.63, 3.8) is 0 Å². The summed E-state index contributed by atoms with van der Waals surface area (Å²) in [5.41, 5.74) is 1.69. The lowest BCUT2D eigenvalue weighted by atomic mass is 10.3. The van der Waals surface area contributed by atoms with Crippen LogP contribution in [0.25, 0.3) is 11.0 Å². The topological polar surface area (TPSA) is 48.0 Å². The number of imidazole rings is 1. The first-order chi connectivity index (χ1) is 10.8. The molecule has 1 aliphatic carbocycles. The molecule has 0 amide bonds. The number of fused-ring (bicyclic) bond motifs is 1. The van der Waals surface area contributed by atoms with Crippen LogP contribution in [-0.4, -0.2) is 20.7 Å². The summed E-state index contributed by atoms with van der Waals surface area (Å²) in [5.74, 6) is 0.190. The van der Waals surface area contributed by atoms with Gasteiger partial charge >= 0.3 is 0 Å². The van der Waals surface area contributed by atoms with Crippen LogP contribution in [-0.2, 0) is 0 Å². The number of thioether (sulfide) groups is 1. The summed E-state index contributed by atoms with van der Waals surface area (Å²) >= 11 is 1.72. The maximum absolute atomic E-state index is 12.8. The monoisotopic (exact) mass is 312 g/mol. The van der Waals surface area contributed by atoms with Crippen molar-refractivity contribution in [1.29, 1.82) is 0 Å². The van der Waals surface area contributed by atoms with Crippen LogP contribution in [0, 0.1) is 0 Å². The molecular formula is C17H16N2O2S. The summed E-state index contributed by atoms with van der Waals surface area (Å²) in [6.45, 7) is 0. The summed E-state index contributed by atoms with van der Waals surface area (Å²) in [6.07, 6.45) is 6.45. The third-order valence-corrected chi connectivity index (χ3v) is 5.33. The van der Waals surface area contributed by atoms with Crippen molar-refractivity contribution in [3.8, 4) is 0 Å². The van der Waals surface area contributed by atoms with Gasteiger partial charge in [-0.15, -0.1) is 0 Å². The van der Waals surface area contributed by atoms with Crippen molar-refractivity contribution in [2.24, 2.45) is 0 Å². The van der Waals surface area contributed by atoms with E-state index < -0.39 is 0 Å². The molecule has 1 fully saturated rings. The van der Waals surface area contributed by atoms with E-state index in [0.29, 0.717) is 11.0 Å². The van der Waals surface area contributed by atoms with Gasteiger partial charge in [0.25, 0.3) is 5.91 Å². The van der Waals surface area contributed by atoms with Crippen molar-refractivity contribution in [3.05, 3.63) is 48.4 Å². The fourth-order valence-electron chi connectivity index (χ4n) is 2.94. The second-order valence-corrected chi connectivity index (χ2v) is 6.79. The first kappa shape index (κ1) is 13.6. The largest absolute Gasteiger partial charge is 0.459 e. The van der Waals surface area contributed by atoms with Crippen LogP contribution in [0.2, 0.25) is 0 Å². The number of furan rings is 1. The van der Waals surface area contributed by atoms with Crippen LogP contribution in [0.1, 0.15) is 36.2 Å². The van der Waals surface area contributed by atoms with Gasteiger partial charge in [-0.05, 0) is 37.1 Å². The first-order valence-electron chi connectivity index (χ1n) is 7.55. The maximum atomic E-state index is 12.8. The Balaban J connectivity index is 1.80. The van der Waals surface area contributed by atoms with Crippen molar-refractivity contribution in [2.75, 3.05) is 0 Å². The van der Waals surface area contributed by atoms with Gasteiger partial charge in [0, 0.05) is 5.25 Å². The molecule has 0 unspecified atom stereocenters. The molecule has 3 aromatic rings. The Labute approximate surface area is 132 Å². The van der Waals surface area contributed by atoms with Gasteiger partial charge in [0.1, 0.15) is 0 Å². The third-order valence-electron chi connectivity index (χ3n) is 4.04. The SMILES string of the molecule is O=C(c1ccco1)n1c(SC2CCCC2)nc2ccccc21. The van der Waals surface area contributed by atoms with Crippen molar-refractivity contribution in [1.82, 2.24) is 9.55 Å². The van der Waals surface area contributed by atoms with Gasteiger partial charge < -0.3 is 4.42 Å². The fraction of sp³-hybridized carbons (Fsp3) is 0.294.